The van der Waals surface area contributed by atoms with Crippen LogP contribution in [0.2, 0.25) is 0 Å². The molecule has 0 saturated carbocycles. The number of anilines is 2. The van der Waals surface area contributed by atoms with Crippen LogP contribution in [0.5, 0.6) is 0 Å². The number of nitrogens with zero attached hydrogens (tertiary/aromatic N) is 2. The summed E-state index contributed by atoms with van der Waals surface area (Å²) in [5, 5.41) is 12.7. The van der Waals surface area contributed by atoms with Gasteiger partial charge in [0.25, 0.3) is 11.8 Å². The van der Waals surface area contributed by atoms with E-state index in [2.05, 4.69) is 24.1 Å². The Bertz CT molecular complexity index is 1010. The lowest BCUT2D eigenvalue weighted by molar-refractivity contribution is -0.112. The number of hydrogen-bond donors (Lipinski definition) is 2. The van der Waals surface area contributed by atoms with Crippen LogP contribution in [0.25, 0.3) is 6.08 Å². The van der Waals surface area contributed by atoms with Gasteiger partial charge in [-0.25, -0.2) is 0 Å². The molecule has 0 atom stereocenters. The molecule has 3 rings (SSSR count). The van der Waals surface area contributed by atoms with Crippen LogP contribution in [0.1, 0.15) is 53.1 Å². The fourth-order valence-corrected chi connectivity index (χ4v) is 5.06. The number of carbonyl (C=O) groups excluding carboxylic acids is 2. The zero-order valence-electron chi connectivity index (χ0n) is 17.3. The molecule has 1 aliphatic rings. The van der Waals surface area contributed by atoms with Crippen molar-refractivity contribution in [1.82, 2.24) is 0 Å². The van der Waals surface area contributed by atoms with Gasteiger partial charge in [-0.1, -0.05) is 12.1 Å². The van der Waals surface area contributed by atoms with Crippen molar-refractivity contribution in [2.45, 2.75) is 39.5 Å². The molecule has 0 unspecified atom stereocenters. The lowest BCUT2D eigenvalue weighted by atomic mass is 9.95. The monoisotopic (exact) mass is 422 g/mol. The van der Waals surface area contributed by atoms with Gasteiger partial charge in [-0.3, -0.25) is 9.59 Å². The molecule has 0 saturated heterocycles. The normalized spacial score (nSPS) is 13.3. The third-order valence-corrected chi connectivity index (χ3v) is 6.55. The number of rotatable bonds is 7. The average Bonchev–Trinajstić information content (AvgIpc) is 3.11. The van der Waals surface area contributed by atoms with Crippen LogP contribution < -0.4 is 16.0 Å². The Balaban J connectivity index is 1.83. The molecule has 7 heteroatoms. The van der Waals surface area contributed by atoms with Crippen LogP contribution in [-0.2, 0) is 17.6 Å². The van der Waals surface area contributed by atoms with E-state index in [4.69, 9.17) is 5.73 Å². The molecule has 0 bridgehead atoms. The molecular formula is C23H26N4O2S. The highest BCUT2D eigenvalue weighted by molar-refractivity contribution is 7.17. The van der Waals surface area contributed by atoms with E-state index >= 15 is 0 Å². The van der Waals surface area contributed by atoms with Crippen LogP contribution >= 0.6 is 11.3 Å². The van der Waals surface area contributed by atoms with Crippen molar-refractivity contribution in [3.8, 4) is 6.07 Å². The fourth-order valence-electron chi connectivity index (χ4n) is 3.77. The SMILES string of the molecule is CCN(CC)c1ccc(/C=C(\C#N)C(=O)Nc2sc3c(c2C(N)=O)CCCC3)cc1. The third kappa shape index (κ3) is 4.55. The summed E-state index contributed by atoms with van der Waals surface area (Å²) in [6, 6.07) is 9.69. The van der Waals surface area contributed by atoms with Gasteiger partial charge in [0.2, 0.25) is 0 Å². The highest BCUT2D eigenvalue weighted by atomic mass is 32.1. The summed E-state index contributed by atoms with van der Waals surface area (Å²) in [5.74, 6) is -1.08. The van der Waals surface area contributed by atoms with Gasteiger partial charge in [-0.15, -0.1) is 11.3 Å². The number of benzene rings is 1. The zero-order chi connectivity index (χ0) is 21.7. The van der Waals surface area contributed by atoms with Gasteiger partial charge in [0, 0.05) is 23.7 Å². The fraction of sp³-hybridized carbons (Fsp3) is 0.348. The third-order valence-electron chi connectivity index (χ3n) is 5.34. The van der Waals surface area contributed by atoms with Crippen LogP contribution in [0, 0.1) is 11.3 Å². The van der Waals surface area contributed by atoms with Gasteiger partial charge in [0.05, 0.1) is 5.56 Å². The number of nitriles is 1. The summed E-state index contributed by atoms with van der Waals surface area (Å²) in [4.78, 5) is 28.1. The minimum atomic E-state index is -0.542. The van der Waals surface area contributed by atoms with Crippen molar-refractivity contribution < 1.29 is 9.59 Å². The molecule has 1 aromatic heterocycles. The second-order valence-electron chi connectivity index (χ2n) is 7.17. The summed E-state index contributed by atoms with van der Waals surface area (Å²) < 4.78 is 0. The number of nitrogens with one attached hydrogen (secondary N) is 1. The molecule has 2 amide bonds. The summed E-state index contributed by atoms with van der Waals surface area (Å²) in [6.07, 6.45) is 5.30. The first-order chi connectivity index (χ1) is 14.5. The molecule has 0 radical (unpaired) electrons. The minimum absolute atomic E-state index is 0.0209. The van der Waals surface area contributed by atoms with E-state index in [1.165, 1.54) is 11.3 Å². The average molecular weight is 423 g/mol. The molecule has 0 fully saturated rings. The highest BCUT2D eigenvalue weighted by Gasteiger charge is 2.25. The maximum atomic E-state index is 12.7. The molecule has 30 heavy (non-hydrogen) atoms. The number of carbonyl (C=O) groups is 2. The number of nitrogens with two attached hydrogens (primary N) is 1. The number of thiophene rings is 1. The van der Waals surface area contributed by atoms with E-state index in [0.29, 0.717) is 10.6 Å². The quantitative estimate of drug-likeness (QED) is 0.518. The number of primary amides is 1. The molecule has 1 aromatic carbocycles. The first-order valence-corrected chi connectivity index (χ1v) is 11.0. The van der Waals surface area contributed by atoms with Crippen molar-refractivity contribution >= 4 is 39.9 Å². The van der Waals surface area contributed by atoms with E-state index < -0.39 is 11.8 Å². The topological polar surface area (TPSA) is 99.2 Å². The summed E-state index contributed by atoms with van der Waals surface area (Å²) in [7, 11) is 0. The van der Waals surface area contributed by atoms with Crippen molar-refractivity contribution in [1.29, 1.82) is 5.26 Å². The van der Waals surface area contributed by atoms with E-state index in [-0.39, 0.29) is 5.57 Å². The van der Waals surface area contributed by atoms with Gasteiger partial charge in [0.1, 0.15) is 16.6 Å². The summed E-state index contributed by atoms with van der Waals surface area (Å²) in [5.41, 5.74) is 8.76. The smallest absolute Gasteiger partial charge is 0.266 e. The van der Waals surface area contributed by atoms with E-state index in [1.807, 2.05) is 30.3 Å². The van der Waals surface area contributed by atoms with Crippen LogP contribution in [-0.4, -0.2) is 24.9 Å². The molecule has 0 spiro atoms. The van der Waals surface area contributed by atoms with Crippen molar-refractivity contribution in [3.63, 3.8) is 0 Å². The first kappa shape index (κ1) is 21.6. The van der Waals surface area contributed by atoms with Crippen LogP contribution in [0.4, 0.5) is 10.7 Å². The summed E-state index contributed by atoms with van der Waals surface area (Å²) >= 11 is 1.39. The first-order valence-electron chi connectivity index (χ1n) is 10.2. The van der Waals surface area contributed by atoms with Crippen molar-refractivity contribution in [3.05, 3.63) is 51.4 Å². The van der Waals surface area contributed by atoms with Gasteiger partial charge in [-0.05, 0) is 68.9 Å². The van der Waals surface area contributed by atoms with E-state index in [0.717, 1.165) is 60.5 Å². The predicted molar refractivity (Wildman–Crippen MR) is 122 cm³/mol. The molecule has 0 aliphatic heterocycles. The maximum absolute atomic E-state index is 12.7. The standard InChI is InChI=1S/C23H26N4O2S/c1-3-27(4-2)17-11-9-15(10-12-17)13-16(14-24)22(29)26-23-20(21(25)28)18-7-5-6-8-19(18)30-23/h9-13H,3-8H2,1-2H3,(H2,25,28)(H,26,29)/b16-13+. The van der Waals surface area contributed by atoms with Crippen LogP contribution in [0.3, 0.4) is 0 Å². The Labute approximate surface area is 181 Å². The number of amides is 2. The zero-order valence-corrected chi connectivity index (χ0v) is 18.1. The molecule has 1 heterocycles. The van der Waals surface area contributed by atoms with E-state index in [1.54, 1.807) is 6.08 Å². The lowest BCUT2D eigenvalue weighted by Gasteiger charge is -2.20. The Morgan fingerprint density at radius 1 is 1.20 bits per heavy atom. The predicted octanol–water partition coefficient (Wildman–Crippen LogP) is 4.12. The Morgan fingerprint density at radius 3 is 2.47 bits per heavy atom. The second kappa shape index (κ2) is 9.59. The van der Waals surface area contributed by atoms with Crippen LogP contribution in [0.15, 0.2) is 29.8 Å². The number of hydrogen-bond acceptors (Lipinski definition) is 5. The molecule has 1 aliphatic carbocycles. The molecule has 2 aromatic rings. The maximum Gasteiger partial charge on any atom is 0.266 e. The molecular weight excluding hydrogens is 396 g/mol. The molecule has 6 nitrogen and oxygen atoms in total. The Hall–Kier alpha value is -3.11. The lowest BCUT2D eigenvalue weighted by Crippen LogP contribution is -2.21. The van der Waals surface area contributed by atoms with E-state index in [9.17, 15) is 14.9 Å². The largest absolute Gasteiger partial charge is 0.372 e. The Morgan fingerprint density at radius 2 is 1.87 bits per heavy atom. The van der Waals surface area contributed by atoms with Gasteiger partial charge >= 0.3 is 0 Å². The van der Waals surface area contributed by atoms with Crippen molar-refractivity contribution in [2.24, 2.45) is 5.73 Å². The molecule has 3 N–H and O–H groups in total. The summed E-state index contributed by atoms with van der Waals surface area (Å²) in [6.45, 7) is 6.01. The second-order valence-corrected chi connectivity index (χ2v) is 8.27. The number of fused-ring (bicyclic) bond motifs is 1. The van der Waals surface area contributed by atoms with Crippen molar-refractivity contribution in [2.75, 3.05) is 23.3 Å². The van der Waals surface area contributed by atoms with Gasteiger partial charge < -0.3 is 16.0 Å². The van der Waals surface area contributed by atoms with Gasteiger partial charge in [-0.2, -0.15) is 5.26 Å². The highest BCUT2D eigenvalue weighted by Crippen LogP contribution is 2.38. The van der Waals surface area contributed by atoms with Gasteiger partial charge in [0.15, 0.2) is 0 Å². The minimum Gasteiger partial charge on any atom is -0.372 e. The molecule has 156 valence electrons. The Kier molecular flexibility index (Phi) is 6.91. The number of aryl methyl sites for hydroxylation is 1.